The molecule has 0 rings (SSSR count). The average Bonchev–Trinajstić information content (AvgIpc) is 2.43. The van der Waals surface area contributed by atoms with E-state index in [4.69, 9.17) is 5.21 Å². The molecule has 1 N–H and O–H groups in total. The second-order valence-corrected chi connectivity index (χ2v) is 4.77. The molecule has 162 valence electrons. The van der Waals surface area contributed by atoms with Gasteiger partial charge in [0, 0.05) is 7.05 Å². The van der Waals surface area contributed by atoms with Crippen LogP contribution in [-0.2, 0) is 4.79 Å². The van der Waals surface area contributed by atoms with Gasteiger partial charge in [0.2, 0.25) is 0 Å². The van der Waals surface area contributed by atoms with Crippen molar-refractivity contribution in [2.24, 2.45) is 0 Å². The summed E-state index contributed by atoms with van der Waals surface area (Å²) in [6.45, 7) is 0. The number of halogens is 15. The summed E-state index contributed by atoms with van der Waals surface area (Å²) in [6.07, 6.45) is -7.70. The van der Waals surface area contributed by atoms with Crippen molar-refractivity contribution in [2.45, 2.75) is 41.7 Å². The van der Waals surface area contributed by atoms with E-state index in [9.17, 15) is 70.7 Å². The largest absolute Gasteiger partial charge is 0.460 e. The zero-order chi connectivity index (χ0) is 22.7. The minimum absolute atomic E-state index is 0.241. The maximum atomic E-state index is 13.1. The summed E-state index contributed by atoms with van der Waals surface area (Å²) in [5.74, 6) is -52.2. The number of hydroxylamine groups is 2. The molecule has 27 heavy (non-hydrogen) atoms. The predicted octanol–water partition coefficient (Wildman–Crippen LogP) is 4.21. The van der Waals surface area contributed by atoms with Gasteiger partial charge in [0.25, 0.3) is 0 Å². The number of hydrogen-bond acceptors (Lipinski definition) is 2. The molecule has 0 aliphatic rings. The van der Waals surface area contributed by atoms with Gasteiger partial charge in [-0.1, -0.05) is 0 Å². The number of carbonyl (C=O) groups excluding carboxylic acids is 1. The minimum Gasteiger partial charge on any atom is -0.286 e. The van der Waals surface area contributed by atoms with Crippen LogP contribution in [0.25, 0.3) is 0 Å². The number of alkyl halides is 15. The number of carbonyl (C=O) groups is 1. The minimum atomic E-state index is -8.47. The van der Waals surface area contributed by atoms with Crippen LogP contribution in [-0.4, -0.2) is 64.9 Å². The Kier molecular flexibility index (Phi) is 5.82. The van der Waals surface area contributed by atoms with Gasteiger partial charge in [0.15, 0.2) is 0 Å². The van der Waals surface area contributed by atoms with E-state index in [1.807, 2.05) is 0 Å². The molecule has 0 radical (unpaired) electrons. The zero-order valence-electron chi connectivity index (χ0n) is 12.0. The monoisotopic (exact) mass is 443 g/mol. The first-order chi connectivity index (χ1) is 11.4. The van der Waals surface area contributed by atoms with E-state index in [2.05, 4.69) is 0 Å². The summed E-state index contributed by atoms with van der Waals surface area (Å²) in [6, 6.07) is 0. The van der Waals surface area contributed by atoms with Crippen LogP contribution >= 0.6 is 0 Å². The van der Waals surface area contributed by atoms with Crippen LogP contribution in [0, 0.1) is 0 Å². The van der Waals surface area contributed by atoms with Gasteiger partial charge in [-0.25, -0.2) is 5.06 Å². The molecule has 0 atom stereocenters. The van der Waals surface area contributed by atoms with Crippen LogP contribution in [0.3, 0.4) is 0 Å². The van der Waals surface area contributed by atoms with E-state index < -0.39 is 52.7 Å². The lowest BCUT2D eigenvalue weighted by Gasteiger charge is -2.41. The molecule has 3 nitrogen and oxygen atoms in total. The van der Waals surface area contributed by atoms with E-state index >= 15 is 0 Å². The Morgan fingerprint density at radius 3 is 1.11 bits per heavy atom. The predicted molar refractivity (Wildman–Crippen MR) is 50.3 cm³/mol. The molecule has 0 saturated heterocycles. The summed E-state index contributed by atoms with van der Waals surface area (Å²) in [5, 5.41) is 6.63. The summed E-state index contributed by atoms with van der Waals surface area (Å²) < 4.78 is 190. The Bertz CT molecular complexity index is 578. The van der Waals surface area contributed by atoms with Gasteiger partial charge >= 0.3 is 47.6 Å². The molecule has 0 heterocycles. The lowest BCUT2D eigenvalue weighted by molar-refractivity contribution is -0.450. The molecule has 1 amide bonds. The van der Waals surface area contributed by atoms with Crippen molar-refractivity contribution in [1.29, 1.82) is 0 Å². The summed E-state index contributed by atoms with van der Waals surface area (Å²) in [5.41, 5.74) is 0. The third-order valence-corrected chi connectivity index (χ3v) is 2.89. The Balaban J connectivity index is 6.60. The van der Waals surface area contributed by atoms with Crippen molar-refractivity contribution < 1.29 is 75.9 Å². The molecular weight excluding hydrogens is 439 g/mol. The quantitative estimate of drug-likeness (QED) is 0.380. The fraction of sp³-hybridized carbons (Fsp3) is 0.889. The second-order valence-electron chi connectivity index (χ2n) is 4.77. The molecule has 0 spiro atoms. The van der Waals surface area contributed by atoms with E-state index in [1.165, 1.54) is 0 Å². The molecule has 18 heteroatoms. The van der Waals surface area contributed by atoms with Gasteiger partial charge in [-0.3, -0.25) is 10.0 Å². The number of hydrogen-bond donors (Lipinski definition) is 1. The van der Waals surface area contributed by atoms with Gasteiger partial charge in [0.1, 0.15) is 0 Å². The van der Waals surface area contributed by atoms with Gasteiger partial charge in [0.05, 0.1) is 0 Å². The van der Waals surface area contributed by atoms with Crippen molar-refractivity contribution in [3.63, 3.8) is 0 Å². The number of nitrogens with zero attached hydrogens (tertiary/aromatic N) is 1. The smallest absolute Gasteiger partial charge is 0.286 e. The van der Waals surface area contributed by atoms with Crippen molar-refractivity contribution >= 4 is 5.91 Å². The highest BCUT2D eigenvalue weighted by Gasteiger charge is 2.94. The van der Waals surface area contributed by atoms with Gasteiger partial charge in [-0.2, -0.15) is 65.9 Å². The fourth-order valence-corrected chi connectivity index (χ4v) is 1.30. The van der Waals surface area contributed by atoms with E-state index in [0.717, 1.165) is 0 Å². The lowest BCUT2D eigenvalue weighted by Crippen LogP contribution is -2.73. The Morgan fingerprint density at radius 1 is 0.593 bits per heavy atom. The van der Waals surface area contributed by atoms with Crippen LogP contribution in [0.2, 0.25) is 0 Å². The normalized spacial score (nSPS) is 15.7. The Morgan fingerprint density at radius 2 is 0.852 bits per heavy atom. The average molecular weight is 443 g/mol. The highest BCUT2D eigenvalue weighted by molar-refractivity contribution is 5.83. The highest BCUT2D eigenvalue weighted by Crippen LogP contribution is 2.62. The van der Waals surface area contributed by atoms with Crippen LogP contribution < -0.4 is 0 Å². The molecule has 0 aromatic rings. The van der Waals surface area contributed by atoms with Crippen molar-refractivity contribution in [1.82, 2.24) is 5.06 Å². The Hall–Kier alpha value is -1.62. The van der Waals surface area contributed by atoms with Crippen LogP contribution in [0.4, 0.5) is 65.9 Å². The van der Waals surface area contributed by atoms with Gasteiger partial charge < -0.3 is 0 Å². The van der Waals surface area contributed by atoms with Gasteiger partial charge in [-0.15, -0.1) is 0 Å². The van der Waals surface area contributed by atoms with E-state index in [1.54, 1.807) is 0 Å². The first-order valence-electron chi connectivity index (χ1n) is 5.66. The summed E-state index contributed by atoms with van der Waals surface area (Å²) in [7, 11) is -0.241. The number of rotatable bonds is 6. The van der Waals surface area contributed by atoms with Crippen molar-refractivity contribution in [3.8, 4) is 0 Å². The molecule has 0 aromatic carbocycles. The molecule has 0 saturated carbocycles. The molecular formula is C9H4F15NO2. The second kappa shape index (κ2) is 6.20. The van der Waals surface area contributed by atoms with E-state index in [0.29, 0.717) is 0 Å². The Labute approximate surface area is 137 Å². The van der Waals surface area contributed by atoms with Crippen LogP contribution in [0.1, 0.15) is 0 Å². The molecule has 0 aromatic heterocycles. The molecule has 0 fully saturated rings. The molecule has 0 unspecified atom stereocenters. The van der Waals surface area contributed by atoms with E-state index in [-0.39, 0.29) is 7.05 Å². The maximum absolute atomic E-state index is 13.1. The fourth-order valence-electron chi connectivity index (χ4n) is 1.30. The third kappa shape index (κ3) is 3.14. The van der Waals surface area contributed by atoms with Crippen LogP contribution in [0.5, 0.6) is 0 Å². The number of amides is 1. The topological polar surface area (TPSA) is 40.5 Å². The van der Waals surface area contributed by atoms with Crippen molar-refractivity contribution in [3.05, 3.63) is 0 Å². The molecule has 0 aliphatic carbocycles. The van der Waals surface area contributed by atoms with Crippen LogP contribution in [0.15, 0.2) is 0 Å². The third-order valence-electron chi connectivity index (χ3n) is 2.89. The first-order valence-corrected chi connectivity index (χ1v) is 5.66. The SMILES string of the molecule is CN(O)C(=O)C(F)(F)C(F)(F)C(F)(F)C(F)(F)C(F)(F)C(F)(F)C(F)(F)F. The maximum Gasteiger partial charge on any atom is 0.460 e. The van der Waals surface area contributed by atoms with Crippen molar-refractivity contribution in [2.75, 3.05) is 7.05 Å². The summed E-state index contributed by atoms with van der Waals surface area (Å²) in [4.78, 5) is 10.5. The molecule has 0 bridgehead atoms. The summed E-state index contributed by atoms with van der Waals surface area (Å²) >= 11 is 0. The zero-order valence-corrected chi connectivity index (χ0v) is 12.0. The molecule has 0 aliphatic heterocycles. The standard InChI is InChI=1S/C9H4F15NO2/c1-25(27)2(26)3(10,11)4(12,13)5(14,15)6(16,17)7(18,19)8(20,21)9(22,23)24/h27H,1H3. The highest BCUT2D eigenvalue weighted by atomic mass is 19.4. The van der Waals surface area contributed by atoms with Gasteiger partial charge in [-0.05, 0) is 0 Å². The lowest BCUT2D eigenvalue weighted by atomic mass is 9.91. The first kappa shape index (κ1) is 25.4.